The summed E-state index contributed by atoms with van der Waals surface area (Å²) >= 11 is 0. The minimum Gasteiger partial charge on any atom is -0.779 e. The molecule has 0 aromatic heterocycles. The molecule has 0 amide bonds. The zero-order chi connectivity index (χ0) is 81.5. The van der Waals surface area contributed by atoms with Gasteiger partial charge in [-0.1, -0.05) is 21.6 Å². The second-order valence-electron chi connectivity index (χ2n) is 19.8. The Balaban J connectivity index is 5.09. The molecule has 62 heteroatoms. The van der Waals surface area contributed by atoms with E-state index in [0.717, 1.165) is 28.3 Å². The first-order chi connectivity index (χ1) is 51.7. The lowest BCUT2D eigenvalue weighted by Gasteiger charge is -2.34. The van der Waals surface area contributed by atoms with Crippen molar-refractivity contribution >= 4 is 83.9 Å². The lowest BCUT2D eigenvalue weighted by Crippen LogP contribution is -2.33. The second-order valence-corrected chi connectivity index (χ2v) is 33.6. The summed E-state index contributed by atoms with van der Waals surface area (Å²) in [4.78, 5) is 99.7. The van der Waals surface area contributed by atoms with Crippen LogP contribution < -0.4 is 67.8 Å². The number of hydrogen-bond acceptors (Lipinski definition) is 54. The number of phosphoric ester groups is 7. The highest BCUT2D eigenvalue weighted by Gasteiger charge is 2.30. The van der Waals surface area contributed by atoms with E-state index in [9.17, 15) is 75.7 Å². The smallest absolute Gasteiger partial charge is 0.268 e. The summed E-state index contributed by atoms with van der Waals surface area (Å²) in [5.74, 6) is -0.425. The first kappa shape index (κ1) is 110. The number of phosphoric acid groups is 7. The van der Waals surface area contributed by atoms with E-state index in [1.807, 2.05) is 0 Å². The zero-order valence-corrected chi connectivity index (χ0v) is 68.2. The Kier molecular flexibility index (Phi) is 68.0. The summed E-state index contributed by atoms with van der Waals surface area (Å²) in [7, 11) is -39.4. The van der Waals surface area contributed by atoms with Crippen LogP contribution in [0.5, 0.6) is 0 Å². The summed E-state index contributed by atoms with van der Waals surface area (Å²) in [5.41, 5.74) is 26.7. The lowest BCUT2D eigenvalue weighted by molar-refractivity contribution is -0.249. The van der Waals surface area contributed by atoms with Crippen LogP contribution in [-0.2, 0) is 175 Å². The van der Waals surface area contributed by atoms with E-state index in [-0.39, 0.29) is 157 Å². The van der Waals surface area contributed by atoms with Gasteiger partial charge in [0.2, 0.25) is 0 Å². The van der Waals surface area contributed by atoms with E-state index in [0.29, 0.717) is 0 Å². The maximum absolute atomic E-state index is 13.1. The average Bonchev–Trinajstić information content (AvgIpc) is 0.867. The summed E-state index contributed by atoms with van der Waals surface area (Å²) < 4.78 is 249. The summed E-state index contributed by atoms with van der Waals surface area (Å²) in [6, 6.07) is 0. The van der Waals surface area contributed by atoms with Crippen molar-refractivity contribution in [2.45, 2.75) is 30.5 Å². The Morgan fingerprint density at radius 2 is 0.431 bits per heavy atom. The molecule has 13 atom stereocenters. The van der Waals surface area contributed by atoms with Crippen LogP contribution in [0.1, 0.15) is 0 Å². The molecule has 0 saturated heterocycles. The van der Waals surface area contributed by atoms with Gasteiger partial charge in [0, 0.05) is 6.66 Å². The normalized spacial score (nSPS) is 18.1. The molecule has 0 aliphatic carbocycles. The van der Waals surface area contributed by atoms with Gasteiger partial charge in [-0.25, -0.2) is 0 Å². The summed E-state index contributed by atoms with van der Waals surface area (Å²) in [6.45, 7) is -11.2. The number of aliphatic hydroxyl groups is 1. The van der Waals surface area contributed by atoms with E-state index in [1.165, 1.54) is 0 Å². The van der Waals surface area contributed by atoms with Gasteiger partial charge in [0.15, 0.2) is 0 Å². The van der Waals surface area contributed by atoms with Crippen LogP contribution in [0, 0.1) is 0 Å². The molecule has 0 aliphatic heterocycles. The topological polar surface area (TPSA) is 748 Å². The van der Waals surface area contributed by atoms with Crippen molar-refractivity contribution < 1.29 is 220 Å². The second kappa shape index (κ2) is 67.5. The van der Waals surface area contributed by atoms with Gasteiger partial charge in [0.25, 0.3) is 54.8 Å². The highest BCUT2D eigenvalue weighted by Crippen LogP contribution is 2.48. The van der Waals surface area contributed by atoms with Gasteiger partial charge in [-0.2, -0.15) is 0 Å². The molecular weight excluding hydrogens is 1700 g/mol. The summed E-state index contributed by atoms with van der Waals surface area (Å²) in [6.07, 6.45) is -9.43. The maximum atomic E-state index is 13.1. The molecule has 0 saturated carbocycles. The number of aliphatic hydroxyl groups excluding tert-OH is 1. The van der Waals surface area contributed by atoms with Crippen LogP contribution in [-0.4, -0.2) is 312 Å². The van der Waals surface area contributed by atoms with Crippen LogP contribution in [0.3, 0.4) is 0 Å². The quantitative estimate of drug-likeness (QED) is 0.0143. The Hall–Kier alpha value is 0.780. The van der Waals surface area contributed by atoms with Crippen molar-refractivity contribution in [3.8, 4) is 0 Å². The van der Waals surface area contributed by atoms with Crippen LogP contribution >= 0.6 is 83.9 Å². The molecule has 0 rings (SSSR count). The predicted octanol–water partition coefficient (Wildman–Crippen LogP) is -6.34. The fourth-order valence-electron chi connectivity index (χ4n) is 6.56. The van der Waals surface area contributed by atoms with Crippen molar-refractivity contribution in [1.82, 2.24) is 0 Å². The number of rotatable bonds is 85. The molecule has 0 spiro atoms. The molecule has 0 aliphatic rings. The highest BCUT2D eigenvalue weighted by atomic mass is 33.1. The molecular formula is C47H101N5O47P8S2-8. The lowest BCUT2D eigenvalue weighted by atomic mass is 10.4. The van der Waals surface area contributed by atoms with Gasteiger partial charge >= 0.3 is 0 Å². The van der Waals surface area contributed by atoms with Crippen LogP contribution in [0.4, 0.5) is 0 Å². The predicted molar refractivity (Wildman–Crippen MR) is 356 cm³/mol. The monoisotopic (exact) mass is 1800 g/mol. The minimum absolute atomic E-state index is 0.00152. The Morgan fingerprint density at radius 1 is 0.248 bits per heavy atom. The molecule has 109 heavy (non-hydrogen) atoms. The molecule has 0 bridgehead atoms. The standard InChI is InChI=1S/C47H109N5O47P8S2/c1-100(54,55)85-22-18-76-14-10-72-6-2-70-5-9-75-13-17-79-21-25-88-103(60,61)95-44(27-81-37-49)32-90-105(64,65)97-46(29-83-39-51)34-92-107(68,69)99-47(30-84-40-52)35-93-106(66,67)98-45(28-82-38-50)33-91-104(62,63)96-43(26-80-36-48)31-89-101(56,57)86-23-19-77-15-11-73-7-3-71-4-8-74-12-16-78-20-24-87-102(58,59)94-42-109-108-41-53/h43-47,53H,2-42,48-52H2,1H3,(H,54,55)(H,56,57)(H,58,59)(H,60,61)(H,62,63)(H,64,65)(H,66,67)(H,68,69)/p-8. The first-order valence-corrected chi connectivity index (χ1v) is 46.7. The third-order valence-electron chi connectivity index (χ3n) is 10.9. The fraction of sp³-hybridized carbons (Fsp3) is 1.00. The SMILES string of the molecule is CP(=O)([O-])OCCOCCOCCOCCOCCOCCOP(=O)([O-])OC(COCN)COP(=O)([O-])OC(COCN)COP(=O)([O-])OC(COCN)COP(=O)([O-])OC(COCN)COP(=O)([O-])OC(COCN)COP(=O)([O-])OCCOCCOCCOCCOCCOCCOP(=O)([O-])OCSSCO. The average molecular weight is 1800 g/mol. The Morgan fingerprint density at radius 3 is 0.642 bits per heavy atom. The van der Waals surface area contributed by atoms with Crippen LogP contribution in [0.15, 0.2) is 0 Å². The third-order valence-corrected chi connectivity index (χ3v) is 20.4. The van der Waals surface area contributed by atoms with Gasteiger partial charge in [-0.3, -0.25) is 32.0 Å². The first-order valence-electron chi connectivity index (χ1n) is 32.0. The fourth-order valence-corrected chi connectivity index (χ4v) is 14.1. The van der Waals surface area contributed by atoms with Gasteiger partial charge in [0.05, 0.1) is 264 Å². The maximum Gasteiger partial charge on any atom is 0.268 e. The van der Waals surface area contributed by atoms with Crippen molar-refractivity contribution in [3.05, 3.63) is 0 Å². The number of hydrogen-bond donors (Lipinski definition) is 6. The van der Waals surface area contributed by atoms with Crippen molar-refractivity contribution in [1.29, 1.82) is 0 Å². The molecule has 13 unspecified atom stereocenters. The van der Waals surface area contributed by atoms with Crippen molar-refractivity contribution in [2.75, 3.05) is 277 Å². The van der Waals surface area contributed by atoms with Crippen molar-refractivity contribution in [3.63, 3.8) is 0 Å². The van der Waals surface area contributed by atoms with E-state index < -0.39 is 206 Å². The third kappa shape index (κ3) is 72.5. The Bertz CT molecular complexity index is 2610. The van der Waals surface area contributed by atoms with Crippen molar-refractivity contribution in [2.24, 2.45) is 28.7 Å². The molecule has 656 valence electrons. The number of nitrogens with two attached hydrogens (primary N) is 5. The molecule has 11 N–H and O–H groups in total. The van der Waals surface area contributed by atoms with E-state index in [4.69, 9.17) is 159 Å². The molecule has 0 aromatic rings. The van der Waals surface area contributed by atoms with Gasteiger partial charge < -0.3 is 216 Å². The zero-order valence-electron chi connectivity index (χ0n) is 59.4. The van der Waals surface area contributed by atoms with E-state index in [2.05, 4.69) is 13.6 Å². The van der Waals surface area contributed by atoms with Gasteiger partial charge in [-0.05, 0) is 0 Å². The molecule has 0 heterocycles. The molecule has 52 nitrogen and oxygen atoms in total. The molecule has 0 radical (unpaired) electrons. The summed E-state index contributed by atoms with van der Waals surface area (Å²) in [5, 5.41) is 8.65. The van der Waals surface area contributed by atoms with Gasteiger partial charge in [0.1, 0.15) is 44.1 Å². The highest BCUT2D eigenvalue weighted by molar-refractivity contribution is 8.76. The molecule has 0 fully saturated rings. The van der Waals surface area contributed by atoms with E-state index >= 15 is 0 Å². The molecule has 0 aromatic carbocycles. The van der Waals surface area contributed by atoms with Crippen LogP contribution in [0.25, 0.3) is 0 Å². The number of ether oxygens (including phenoxy) is 15. The Labute approximate surface area is 637 Å². The van der Waals surface area contributed by atoms with Crippen LogP contribution in [0.2, 0.25) is 0 Å². The van der Waals surface area contributed by atoms with Gasteiger partial charge in [-0.15, -0.1) is 0 Å². The largest absolute Gasteiger partial charge is 0.779 e. The van der Waals surface area contributed by atoms with E-state index in [1.54, 1.807) is 0 Å². The minimum atomic E-state index is -5.73.